The predicted octanol–water partition coefficient (Wildman–Crippen LogP) is 4.71. The van der Waals surface area contributed by atoms with Crippen LogP contribution in [0.2, 0.25) is 10.0 Å². The molecule has 1 unspecified atom stereocenters. The number of halogens is 3. The van der Waals surface area contributed by atoms with E-state index in [0.717, 1.165) is 0 Å². The summed E-state index contributed by atoms with van der Waals surface area (Å²) in [4.78, 5) is 11.5. The van der Waals surface area contributed by atoms with Gasteiger partial charge in [0.05, 0.1) is 12.5 Å². The van der Waals surface area contributed by atoms with Crippen LogP contribution in [0.1, 0.15) is 30.4 Å². The lowest BCUT2D eigenvalue weighted by atomic mass is 9.99. The molecule has 1 N–H and O–H groups in total. The van der Waals surface area contributed by atoms with Gasteiger partial charge in [0.15, 0.2) is 0 Å². The number of aliphatic hydroxyl groups is 1. The van der Waals surface area contributed by atoms with E-state index in [9.17, 15) is 14.3 Å². The lowest BCUT2D eigenvalue weighted by molar-refractivity contribution is -0.160. The van der Waals surface area contributed by atoms with Crippen molar-refractivity contribution in [2.24, 2.45) is 0 Å². The number of cyclic esters (lactones) is 1. The molecule has 2 aromatic rings. The minimum Gasteiger partial charge on any atom is -0.488 e. The summed E-state index contributed by atoms with van der Waals surface area (Å²) in [6.45, 7) is 0.0352. The molecule has 0 aliphatic carbocycles. The molecule has 1 aliphatic rings. The summed E-state index contributed by atoms with van der Waals surface area (Å²) >= 11 is 12.4. The maximum Gasteiger partial charge on any atom is 0.308 e. The van der Waals surface area contributed by atoms with Crippen LogP contribution in [0.15, 0.2) is 36.4 Å². The number of hydrogen-bond acceptors (Lipinski definition) is 4. The molecule has 0 amide bonds. The highest BCUT2D eigenvalue weighted by Crippen LogP contribution is 2.34. The van der Waals surface area contributed by atoms with E-state index in [-0.39, 0.29) is 24.9 Å². The van der Waals surface area contributed by atoms with Gasteiger partial charge in [0.1, 0.15) is 24.3 Å². The van der Waals surface area contributed by atoms with E-state index < -0.39 is 12.1 Å². The third-order valence-electron chi connectivity index (χ3n) is 4.41. The molecular formula is C20H19Cl2FO4. The zero-order valence-corrected chi connectivity index (χ0v) is 16.0. The number of rotatable bonds is 6. The number of hydrogen-bond donors (Lipinski definition) is 1. The van der Waals surface area contributed by atoms with E-state index in [1.807, 2.05) is 0 Å². The van der Waals surface area contributed by atoms with E-state index >= 15 is 0 Å². The topological polar surface area (TPSA) is 55.8 Å². The number of aliphatic hydroxyl groups excluding tert-OH is 1. The maximum absolute atomic E-state index is 13.8. The summed E-state index contributed by atoms with van der Waals surface area (Å²) in [7, 11) is 0. The molecule has 2 atom stereocenters. The molecule has 144 valence electrons. The number of carbonyl (C=O) groups is 1. The molecular weight excluding hydrogens is 394 g/mol. The van der Waals surface area contributed by atoms with Gasteiger partial charge in [-0.3, -0.25) is 4.79 Å². The third-order valence-corrected chi connectivity index (χ3v) is 4.97. The molecule has 1 fully saturated rings. The first-order chi connectivity index (χ1) is 12.9. The summed E-state index contributed by atoms with van der Waals surface area (Å²) < 4.78 is 24.9. The second-order valence-electron chi connectivity index (χ2n) is 6.49. The van der Waals surface area contributed by atoms with Crippen molar-refractivity contribution in [3.05, 3.63) is 63.4 Å². The van der Waals surface area contributed by atoms with Crippen molar-refractivity contribution in [2.45, 2.75) is 44.5 Å². The first-order valence-corrected chi connectivity index (χ1v) is 9.39. The Labute approximate surface area is 166 Å². The Morgan fingerprint density at radius 1 is 1.26 bits per heavy atom. The summed E-state index contributed by atoms with van der Waals surface area (Å²) in [6.07, 6.45) is 0.298. The SMILES string of the molecule is O=C1C[C@H](O)CC(CCc2c(Cl)cc(Cl)cc2OCc2ccccc2F)O1. The van der Waals surface area contributed by atoms with E-state index in [1.54, 1.807) is 30.3 Å². The fourth-order valence-corrected chi connectivity index (χ4v) is 3.63. The normalized spacial score (nSPS) is 19.6. The number of ether oxygens (including phenoxy) is 2. The number of benzene rings is 2. The van der Waals surface area contributed by atoms with E-state index in [2.05, 4.69) is 0 Å². The minimum absolute atomic E-state index is 0.0230. The quantitative estimate of drug-likeness (QED) is 0.697. The smallest absolute Gasteiger partial charge is 0.308 e. The van der Waals surface area contributed by atoms with E-state index in [4.69, 9.17) is 32.7 Å². The van der Waals surface area contributed by atoms with Gasteiger partial charge in [-0.2, -0.15) is 0 Å². The molecule has 3 rings (SSSR count). The number of esters is 1. The first kappa shape index (κ1) is 19.9. The Bertz CT molecular complexity index is 828. The summed E-state index contributed by atoms with van der Waals surface area (Å²) in [6, 6.07) is 9.59. The van der Waals surface area contributed by atoms with Crippen LogP contribution in [0.4, 0.5) is 4.39 Å². The Hall–Kier alpha value is -1.82. The van der Waals surface area contributed by atoms with Gasteiger partial charge in [-0.25, -0.2) is 4.39 Å². The van der Waals surface area contributed by atoms with Gasteiger partial charge in [-0.05, 0) is 31.0 Å². The molecule has 1 aliphatic heterocycles. The second-order valence-corrected chi connectivity index (χ2v) is 7.33. The maximum atomic E-state index is 13.8. The Kier molecular flexibility index (Phi) is 6.58. The second kappa shape index (κ2) is 8.91. The standard InChI is InChI=1S/C20H19Cl2FO4/c21-13-7-17(22)16(6-5-15-9-14(24)10-20(25)27-15)19(8-13)26-11-12-3-1-2-4-18(12)23/h1-4,7-8,14-15,24H,5-6,9-11H2/t14-,15?/m1/s1. The monoisotopic (exact) mass is 412 g/mol. The van der Waals surface area contributed by atoms with Crippen LogP contribution in [0.3, 0.4) is 0 Å². The largest absolute Gasteiger partial charge is 0.488 e. The van der Waals surface area contributed by atoms with Crippen molar-refractivity contribution in [2.75, 3.05) is 0 Å². The highest BCUT2D eigenvalue weighted by atomic mass is 35.5. The Balaban J connectivity index is 1.72. The molecule has 7 heteroatoms. The van der Waals surface area contributed by atoms with E-state index in [0.29, 0.717) is 46.2 Å². The molecule has 1 saturated heterocycles. The molecule has 1 heterocycles. The lowest BCUT2D eigenvalue weighted by Crippen LogP contribution is -2.32. The van der Waals surface area contributed by atoms with Gasteiger partial charge in [0.25, 0.3) is 0 Å². The summed E-state index contributed by atoms with van der Waals surface area (Å²) in [5, 5.41) is 10.6. The Morgan fingerprint density at radius 3 is 2.78 bits per heavy atom. The summed E-state index contributed by atoms with van der Waals surface area (Å²) in [5.41, 5.74) is 1.12. The van der Waals surface area contributed by atoms with Crippen molar-refractivity contribution < 1.29 is 23.8 Å². The highest BCUT2D eigenvalue weighted by molar-refractivity contribution is 6.35. The van der Waals surface area contributed by atoms with Gasteiger partial charge in [-0.15, -0.1) is 0 Å². The van der Waals surface area contributed by atoms with Crippen LogP contribution in [0, 0.1) is 5.82 Å². The van der Waals surface area contributed by atoms with Crippen LogP contribution in [0.5, 0.6) is 5.75 Å². The minimum atomic E-state index is -0.686. The van der Waals surface area contributed by atoms with Gasteiger partial charge < -0.3 is 14.6 Å². The van der Waals surface area contributed by atoms with Crippen molar-refractivity contribution in [1.29, 1.82) is 0 Å². The van der Waals surface area contributed by atoms with Gasteiger partial charge in [-0.1, -0.05) is 41.4 Å². The predicted molar refractivity (Wildman–Crippen MR) is 101 cm³/mol. The van der Waals surface area contributed by atoms with Gasteiger partial charge in [0.2, 0.25) is 0 Å². The van der Waals surface area contributed by atoms with Crippen molar-refractivity contribution in [3.8, 4) is 5.75 Å². The lowest BCUT2D eigenvalue weighted by Gasteiger charge is -2.26. The molecule has 0 spiro atoms. The van der Waals surface area contributed by atoms with Crippen LogP contribution < -0.4 is 4.74 Å². The molecule has 2 aromatic carbocycles. The molecule has 4 nitrogen and oxygen atoms in total. The molecule has 0 bridgehead atoms. The van der Waals surface area contributed by atoms with Crippen LogP contribution >= 0.6 is 23.2 Å². The molecule has 0 aromatic heterocycles. The fourth-order valence-electron chi connectivity index (χ4n) is 3.07. The highest BCUT2D eigenvalue weighted by Gasteiger charge is 2.27. The van der Waals surface area contributed by atoms with E-state index in [1.165, 1.54) is 6.07 Å². The third kappa shape index (κ3) is 5.34. The van der Waals surface area contributed by atoms with Crippen LogP contribution in [-0.2, 0) is 22.6 Å². The molecule has 0 radical (unpaired) electrons. The van der Waals surface area contributed by atoms with Gasteiger partial charge in [0, 0.05) is 27.6 Å². The van der Waals surface area contributed by atoms with Crippen LogP contribution in [-0.4, -0.2) is 23.3 Å². The van der Waals surface area contributed by atoms with Crippen molar-refractivity contribution >= 4 is 29.2 Å². The average Bonchev–Trinajstić information content (AvgIpc) is 2.59. The Morgan fingerprint density at radius 2 is 2.04 bits per heavy atom. The first-order valence-electron chi connectivity index (χ1n) is 8.64. The molecule has 0 saturated carbocycles. The van der Waals surface area contributed by atoms with Crippen molar-refractivity contribution in [1.82, 2.24) is 0 Å². The van der Waals surface area contributed by atoms with Gasteiger partial charge >= 0.3 is 5.97 Å². The fraction of sp³-hybridized carbons (Fsp3) is 0.350. The van der Waals surface area contributed by atoms with Crippen LogP contribution in [0.25, 0.3) is 0 Å². The summed E-state index contributed by atoms with van der Waals surface area (Å²) in [5.74, 6) is -0.300. The number of carbonyl (C=O) groups excluding carboxylic acids is 1. The zero-order chi connectivity index (χ0) is 19.4. The zero-order valence-electron chi connectivity index (χ0n) is 14.5. The average molecular weight is 413 g/mol. The van der Waals surface area contributed by atoms with Crippen molar-refractivity contribution in [3.63, 3.8) is 0 Å². The molecule has 27 heavy (non-hydrogen) atoms.